The highest BCUT2D eigenvalue weighted by atomic mass is 19.4. The van der Waals surface area contributed by atoms with Crippen molar-refractivity contribution in [3.05, 3.63) is 29.7 Å². The fraction of sp³-hybridized carbons (Fsp3) is 0.400. The molecule has 11 heteroatoms. The van der Waals surface area contributed by atoms with Gasteiger partial charge in [-0.15, -0.1) is 5.10 Å². The molecule has 26 heavy (non-hydrogen) atoms. The summed E-state index contributed by atoms with van der Waals surface area (Å²) >= 11 is 0. The number of aromatic nitrogens is 3. The van der Waals surface area contributed by atoms with Crippen molar-refractivity contribution in [3.8, 4) is 0 Å². The number of nitrogens with one attached hydrogen (secondary N) is 1. The van der Waals surface area contributed by atoms with Gasteiger partial charge in [-0.3, -0.25) is 10.2 Å². The molecule has 1 atom stereocenters. The average molecular weight is 371 g/mol. The molecular weight excluding hydrogens is 358 g/mol. The maximum absolute atomic E-state index is 13.2. The Bertz CT molecular complexity index is 922. The molecule has 1 aromatic carbocycles. The number of halogens is 4. The Morgan fingerprint density at radius 1 is 1.19 bits per heavy atom. The molecule has 0 aliphatic carbocycles. The molecule has 0 spiro atoms. The number of anilines is 2. The molecule has 1 saturated heterocycles. The van der Waals surface area contributed by atoms with Crippen molar-refractivity contribution in [2.45, 2.75) is 25.3 Å². The van der Waals surface area contributed by atoms with Crippen LogP contribution in [0.4, 0.5) is 29.6 Å². The molecule has 7 nitrogen and oxygen atoms in total. The van der Waals surface area contributed by atoms with E-state index in [4.69, 9.17) is 8.83 Å². The normalized spacial score (nSPS) is 18.7. The zero-order valence-corrected chi connectivity index (χ0v) is 13.3. The van der Waals surface area contributed by atoms with Gasteiger partial charge in [0, 0.05) is 13.1 Å². The van der Waals surface area contributed by atoms with Crippen LogP contribution in [-0.4, -0.2) is 39.3 Å². The maximum atomic E-state index is 13.2. The third-order valence-corrected chi connectivity index (χ3v) is 3.97. The van der Waals surface area contributed by atoms with Gasteiger partial charge in [-0.05, 0) is 24.6 Å². The number of oxazole rings is 1. The van der Waals surface area contributed by atoms with E-state index in [1.807, 2.05) is 4.90 Å². The van der Waals surface area contributed by atoms with Crippen LogP contribution in [-0.2, 0) is 12.7 Å². The van der Waals surface area contributed by atoms with Crippen LogP contribution in [0.2, 0.25) is 0 Å². The number of hydrogen-bond donors (Lipinski definition) is 1. The molecule has 1 aliphatic rings. The monoisotopic (exact) mass is 371 g/mol. The van der Waals surface area contributed by atoms with E-state index in [1.54, 1.807) is 0 Å². The summed E-state index contributed by atoms with van der Waals surface area (Å²) in [6.07, 6.45) is -4.84. The van der Waals surface area contributed by atoms with Gasteiger partial charge in [-0.25, -0.2) is 4.39 Å². The molecule has 2 aromatic heterocycles. The van der Waals surface area contributed by atoms with Crippen LogP contribution in [0, 0.1) is 0 Å². The lowest BCUT2D eigenvalue weighted by molar-refractivity contribution is -0.137. The third-order valence-electron chi connectivity index (χ3n) is 3.97. The predicted octanol–water partition coefficient (Wildman–Crippen LogP) is 3.52. The van der Waals surface area contributed by atoms with Gasteiger partial charge in [0.15, 0.2) is 5.58 Å². The van der Waals surface area contributed by atoms with Crippen LogP contribution in [0.5, 0.6) is 0 Å². The van der Waals surface area contributed by atoms with Crippen LogP contribution >= 0.6 is 0 Å². The molecule has 3 aromatic rings. The summed E-state index contributed by atoms with van der Waals surface area (Å²) in [5.41, 5.74) is -0.582. The zero-order chi connectivity index (χ0) is 18.3. The SMILES string of the molecule is FC1CCN(Cc2nnc(Nc3nc4cc(C(F)(F)F)ccc4o3)o2)C1. The van der Waals surface area contributed by atoms with Crippen molar-refractivity contribution < 1.29 is 26.4 Å². The number of hydrogen-bond acceptors (Lipinski definition) is 7. The Labute approximate surface area is 144 Å². The average Bonchev–Trinajstić information content (AvgIpc) is 3.26. The summed E-state index contributed by atoms with van der Waals surface area (Å²) in [4.78, 5) is 5.79. The summed E-state index contributed by atoms with van der Waals surface area (Å²) in [5.74, 6) is 0.289. The first kappa shape index (κ1) is 16.8. The predicted molar refractivity (Wildman–Crippen MR) is 81.4 cm³/mol. The highest BCUT2D eigenvalue weighted by Gasteiger charge is 2.31. The van der Waals surface area contributed by atoms with Crippen LogP contribution < -0.4 is 5.32 Å². The lowest BCUT2D eigenvalue weighted by atomic mass is 10.2. The van der Waals surface area contributed by atoms with Crippen molar-refractivity contribution in [3.63, 3.8) is 0 Å². The second kappa shape index (κ2) is 6.24. The number of nitrogens with zero attached hydrogens (tertiary/aromatic N) is 4. The summed E-state index contributed by atoms with van der Waals surface area (Å²) in [6.45, 7) is 1.24. The highest BCUT2D eigenvalue weighted by Crippen LogP contribution is 2.32. The van der Waals surface area contributed by atoms with Crippen LogP contribution in [0.1, 0.15) is 17.9 Å². The van der Waals surface area contributed by atoms with Gasteiger partial charge in [-0.1, -0.05) is 5.10 Å². The Hall–Kier alpha value is -2.69. The zero-order valence-electron chi connectivity index (χ0n) is 13.3. The van der Waals surface area contributed by atoms with E-state index < -0.39 is 17.9 Å². The van der Waals surface area contributed by atoms with Crippen LogP contribution in [0.3, 0.4) is 0 Å². The first-order valence-corrected chi connectivity index (χ1v) is 7.80. The summed E-state index contributed by atoms with van der Waals surface area (Å²) in [6, 6.07) is 2.91. The van der Waals surface area contributed by atoms with Crippen LogP contribution in [0.15, 0.2) is 27.0 Å². The molecule has 0 amide bonds. The fourth-order valence-corrected chi connectivity index (χ4v) is 2.74. The Morgan fingerprint density at radius 2 is 2.04 bits per heavy atom. The topological polar surface area (TPSA) is 80.2 Å². The minimum atomic E-state index is -4.46. The molecule has 0 bridgehead atoms. The first-order chi connectivity index (χ1) is 12.4. The van der Waals surface area contributed by atoms with Crippen molar-refractivity contribution >= 4 is 23.1 Å². The number of fused-ring (bicyclic) bond motifs is 1. The minimum absolute atomic E-state index is 0.0152. The Morgan fingerprint density at radius 3 is 2.77 bits per heavy atom. The quantitative estimate of drug-likeness (QED) is 0.703. The van der Waals surface area contributed by atoms with Crippen molar-refractivity contribution in [2.24, 2.45) is 0 Å². The first-order valence-electron chi connectivity index (χ1n) is 7.80. The van der Waals surface area contributed by atoms with Crippen LogP contribution in [0.25, 0.3) is 11.1 Å². The van der Waals surface area contributed by atoms with Gasteiger partial charge in [-0.2, -0.15) is 18.2 Å². The molecule has 1 aliphatic heterocycles. The standard InChI is InChI=1S/C15H13F4N5O2/c16-9-3-4-24(6-9)7-12-22-23-14(26-12)21-13-20-10-5-8(15(17,18)19)1-2-11(10)25-13/h1-2,5,9H,3-4,6-7H2,(H,20,21,23). The van der Waals surface area contributed by atoms with Crippen molar-refractivity contribution in [2.75, 3.05) is 18.4 Å². The lowest BCUT2D eigenvalue weighted by Gasteiger charge is -2.10. The molecule has 4 rings (SSSR count). The smallest absolute Gasteiger partial charge is 0.416 e. The van der Waals surface area contributed by atoms with E-state index in [-0.39, 0.29) is 29.0 Å². The van der Waals surface area contributed by atoms with Gasteiger partial charge in [0.1, 0.15) is 11.7 Å². The number of rotatable bonds is 4. The van der Waals surface area contributed by atoms with Crippen molar-refractivity contribution in [1.82, 2.24) is 20.1 Å². The maximum Gasteiger partial charge on any atom is 0.416 e. The summed E-state index contributed by atoms with van der Waals surface area (Å²) < 4.78 is 62.0. The van der Waals surface area contributed by atoms with Gasteiger partial charge in [0.25, 0.3) is 0 Å². The molecule has 138 valence electrons. The summed E-state index contributed by atoms with van der Waals surface area (Å²) in [7, 11) is 0. The number of likely N-dealkylation sites (tertiary alicyclic amines) is 1. The largest absolute Gasteiger partial charge is 0.423 e. The minimum Gasteiger partial charge on any atom is -0.423 e. The fourth-order valence-electron chi connectivity index (χ4n) is 2.74. The van der Waals surface area contributed by atoms with E-state index in [1.165, 1.54) is 6.07 Å². The van der Waals surface area contributed by atoms with E-state index in [0.717, 1.165) is 12.1 Å². The molecule has 1 N–H and O–H groups in total. The van der Waals surface area contributed by atoms with Crippen molar-refractivity contribution in [1.29, 1.82) is 0 Å². The van der Waals surface area contributed by atoms with E-state index in [9.17, 15) is 17.6 Å². The molecule has 0 saturated carbocycles. The molecule has 1 unspecified atom stereocenters. The third kappa shape index (κ3) is 3.47. The molecular formula is C15H13F4N5O2. The van der Waals surface area contributed by atoms with E-state index in [0.29, 0.717) is 26.1 Å². The van der Waals surface area contributed by atoms with Gasteiger partial charge >= 0.3 is 18.2 Å². The van der Waals surface area contributed by atoms with Gasteiger partial charge in [0.2, 0.25) is 5.89 Å². The number of benzene rings is 1. The lowest BCUT2D eigenvalue weighted by Crippen LogP contribution is -2.20. The molecule has 0 radical (unpaired) electrons. The van der Waals surface area contributed by atoms with Gasteiger partial charge in [0.05, 0.1) is 12.1 Å². The second-order valence-electron chi connectivity index (χ2n) is 5.95. The van der Waals surface area contributed by atoms with E-state index in [2.05, 4.69) is 20.5 Å². The highest BCUT2D eigenvalue weighted by molar-refractivity contribution is 5.75. The molecule has 3 heterocycles. The Balaban J connectivity index is 1.47. The van der Waals surface area contributed by atoms with E-state index >= 15 is 0 Å². The number of alkyl halides is 4. The summed E-state index contributed by atoms with van der Waals surface area (Å²) in [5, 5.41) is 10.2. The molecule has 1 fully saturated rings. The van der Waals surface area contributed by atoms with Gasteiger partial charge < -0.3 is 8.83 Å². The Kier molecular flexibility index (Phi) is 4.02. The second-order valence-corrected chi connectivity index (χ2v) is 5.95.